The molecule has 5 nitrogen and oxygen atoms in total. The molecule has 0 saturated carbocycles. The Kier molecular flexibility index (Phi) is 11.1. The SMILES string of the molecule is CC.COCCOc1c(C)ccc(C(C)=O)c1OCCOC. The summed E-state index contributed by atoms with van der Waals surface area (Å²) in [5, 5.41) is 0. The fourth-order valence-electron chi connectivity index (χ4n) is 1.72. The van der Waals surface area contributed by atoms with Crippen LogP contribution in [0, 0.1) is 6.92 Å². The minimum atomic E-state index is -0.0611. The molecule has 0 saturated heterocycles. The topological polar surface area (TPSA) is 54.0 Å². The molecule has 1 aromatic rings. The first-order chi connectivity index (χ1) is 10.6. The average Bonchev–Trinajstić information content (AvgIpc) is 2.52. The van der Waals surface area contributed by atoms with Crippen LogP contribution < -0.4 is 9.47 Å². The highest BCUT2D eigenvalue weighted by atomic mass is 16.5. The van der Waals surface area contributed by atoms with Crippen LogP contribution in [-0.2, 0) is 9.47 Å². The Balaban J connectivity index is 0.00000211. The van der Waals surface area contributed by atoms with Gasteiger partial charge in [-0.3, -0.25) is 4.79 Å². The number of carbonyl (C=O) groups excluding carboxylic acids is 1. The fourth-order valence-corrected chi connectivity index (χ4v) is 1.72. The van der Waals surface area contributed by atoms with E-state index in [1.54, 1.807) is 20.3 Å². The second-order valence-corrected chi connectivity index (χ2v) is 4.33. The molecule has 0 radical (unpaired) electrons. The molecular weight excluding hydrogens is 284 g/mol. The Morgan fingerprint density at radius 2 is 1.41 bits per heavy atom. The molecule has 22 heavy (non-hydrogen) atoms. The minimum Gasteiger partial charge on any atom is -0.487 e. The third kappa shape index (κ3) is 6.45. The first-order valence-corrected chi connectivity index (χ1v) is 7.49. The second-order valence-electron chi connectivity index (χ2n) is 4.33. The lowest BCUT2D eigenvalue weighted by atomic mass is 10.1. The molecule has 5 heteroatoms. The first-order valence-electron chi connectivity index (χ1n) is 7.49. The van der Waals surface area contributed by atoms with Gasteiger partial charge in [0.25, 0.3) is 0 Å². The highest BCUT2D eigenvalue weighted by Crippen LogP contribution is 2.35. The van der Waals surface area contributed by atoms with Crippen molar-refractivity contribution in [2.45, 2.75) is 27.7 Å². The standard InChI is InChI=1S/C15H22O5.C2H6/c1-11-5-6-13(12(2)16)15(20-10-8-18-4)14(11)19-9-7-17-3;1-2/h5-6H,7-10H2,1-4H3;1-2H3. The monoisotopic (exact) mass is 312 g/mol. The molecular formula is C17H28O5. The van der Waals surface area contributed by atoms with Crippen molar-refractivity contribution in [2.75, 3.05) is 40.6 Å². The number of methoxy groups -OCH3 is 2. The Morgan fingerprint density at radius 3 is 1.86 bits per heavy atom. The Bertz CT molecular complexity index is 443. The van der Waals surface area contributed by atoms with E-state index in [1.165, 1.54) is 6.92 Å². The molecule has 0 aliphatic carbocycles. The highest BCUT2D eigenvalue weighted by molar-refractivity contribution is 5.97. The van der Waals surface area contributed by atoms with E-state index in [0.29, 0.717) is 43.5 Å². The van der Waals surface area contributed by atoms with Crippen LogP contribution in [0.3, 0.4) is 0 Å². The molecule has 1 aromatic carbocycles. The zero-order valence-corrected chi connectivity index (χ0v) is 14.5. The summed E-state index contributed by atoms with van der Waals surface area (Å²) in [6.07, 6.45) is 0. The number of Topliss-reactive ketones (excluding diaryl/α,β-unsaturated/α-hetero) is 1. The zero-order chi connectivity index (χ0) is 17.0. The fraction of sp³-hybridized carbons (Fsp3) is 0.588. The maximum absolute atomic E-state index is 11.7. The molecule has 0 heterocycles. The number of ether oxygens (including phenoxy) is 4. The molecule has 0 aliphatic rings. The normalized spacial score (nSPS) is 9.73. The van der Waals surface area contributed by atoms with E-state index in [-0.39, 0.29) is 5.78 Å². The van der Waals surface area contributed by atoms with Gasteiger partial charge in [0.05, 0.1) is 18.8 Å². The van der Waals surface area contributed by atoms with Gasteiger partial charge in [0, 0.05) is 14.2 Å². The molecule has 0 N–H and O–H groups in total. The van der Waals surface area contributed by atoms with E-state index in [0.717, 1.165) is 5.56 Å². The van der Waals surface area contributed by atoms with Gasteiger partial charge in [-0.15, -0.1) is 0 Å². The molecule has 0 amide bonds. The van der Waals surface area contributed by atoms with Crippen LogP contribution >= 0.6 is 0 Å². The molecule has 126 valence electrons. The predicted octanol–water partition coefficient (Wildman–Crippen LogP) is 3.27. The third-order valence-electron chi connectivity index (χ3n) is 2.76. The van der Waals surface area contributed by atoms with Crippen LogP contribution in [0.25, 0.3) is 0 Å². The van der Waals surface area contributed by atoms with E-state index >= 15 is 0 Å². The lowest BCUT2D eigenvalue weighted by Crippen LogP contribution is -2.12. The van der Waals surface area contributed by atoms with Crippen molar-refractivity contribution in [3.8, 4) is 11.5 Å². The van der Waals surface area contributed by atoms with Gasteiger partial charge in [-0.25, -0.2) is 0 Å². The summed E-state index contributed by atoms with van der Waals surface area (Å²) < 4.78 is 21.3. The molecule has 0 aliphatic heterocycles. The molecule has 0 atom stereocenters. The van der Waals surface area contributed by atoms with Crippen molar-refractivity contribution in [2.24, 2.45) is 0 Å². The Morgan fingerprint density at radius 1 is 0.909 bits per heavy atom. The maximum Gasteiger partial charge on any atom is 0.172 e. The van der Waals surface area contributed by atoms with Crippen molar-refractivity contribution in [1.82, 2.24) is 0 Å². The first kappa shape index (κ1) is 20.4. The van der Waals surface area contributed by atoms with Gasteiger partial charge in [-0.05, 0) is 25.5 Å². The highest BCUT2D eigenvalue weighted by Gasteiger charge is 2.17. The van der Waals surface area contributed by atoms with E-state index in [1.807, 2.05) is 26.8 Å². The quantitative estimate of drug-likeness (QED) is 0.517. The maximum atomic E-state index is 11.7. The summed E-state index contributed by atoms with van der Waals surface area (Å²) in [6, 6.07) is 3.60. The van der Waals surface area contributed by atoms with E-state index in [2.05, 4.69) is 0 Å². The van der Waals surface area contributed by atoms with Gasteiger partial charge in [-0.2, -0.15) is 0 Å². The Labute approximate surface area is 133 Å². The summed E-state index contributed by atoms with van der Waals surface area (Å²) in [7, 11) is 3.21. The van der Waals surface area contributed by atoms with Gasteiger partial charge in [0.15, 0.2) is 17.3 Å². The molecule has 0 bridgehead atoms. The van der Waals surface area contributed by atoms with E-state index in [9.17, 15) is 4.79 Å². The summed E-state index contributed by atoms with van der Waals surface area (Å²) >= 11 is 0. The lowest BCUT2D eigenvalue weighted by molar-refractivity contribution is 0.100. The zero-order valence-electron chi connectivity index (χ0n) is 14.5. The minimum absolute atomic E-state index is 0.0611. The van der Waals surface area contributed by atoms with E-state index in [4.69, 9.17) is 18.9 Å². The average molecular weight is 312 g/mol. The van der Waals surface area contributed by atoms with Crippen LogP contribution in [-0.4, -0.2) is 46.4 Å². The number of ketones is 1. The van der Waals surface area contributed by atoms with Gasteiger partial charge in [-0.1, -0.05) is 19.9 Å². The lowest BCUT2D eigenvalue weighted by Gasteiger charge is -2.17. The summed E-state index contributed by atoms with van der Waals surface area (Å²) in [6.45, 7) is 9.10. The van der Waals surface area contributed by atoms with Crippen molar-refractivity contribution in [3.63, 3.8) is 0 Å². The van der Waals surface area contributed by atoms with Gasteiger partial charge in [0.1, 0.15) is 13.2 Å². The van der Waals surface area contributed by atoms with Gasteiger partial charge >= 0.3 is 0 Å². The molecule has 0 fully saturated rings. The summed E-state index contributed by atoms with van der Waals surface area (Å²) in [5.74, 6) is 1.01. The van der Waals surface area contributed by atoms with Crippen LogP contribution in [0.5, 0.6) is 11.5 Å². The number of hydrogen-bond acceptors (Lipinski definition) is 5. The van der Waals surface area contributed by atoms with E-state index < -0.39 is 0 Å². The van der Waals surface area contributed by atoms with Crippen LogP contribution in [0.15, 0.2) is 12.1 Å². The Hall–Kier alpha value is -1.59. The third-order valence-corrected chi connectivity index (χ3v) is 2.76. The molecule has 1 rings (SSSR count). The summed E-state index contributed by atoms with van der Waals surface area (Å²) in [4.78, 5) is 11.7. The smallest absolute Gasteiger partial charge is 0.172 e. The number of carbonyl (C=O) groups is 1. The largest absolute Gasteiger partial charge is 0.487 e. The van der Waals surface area contributed by atoms with Crippen molar-refractivity contribution < 1.29 is 23.7 Å². The van der Waals surface area contributed by atoms with Gasteiger partial charge < -0.3 is 18.9 Å². The van der Waals surface area contributed by atoms with Crippen molar-refractivity contribution >= 4 is 5.78 Å². The summed E-state index contributed by atoms with van der Waals surface area (Å²) in [5.41, 5.74) is 1.43. The second kappa shape index (κ2) is 12.0. The number of hydrogen-bond donors (Lipinski definition) is 0. The van der Waals surface area contributed by atoms with Crippen LogP contribution in [0.2, 0.25) is 0 Å². The molecule has 0 spiro atoms. The van der Waals surface area contributed by atoms with Crippen molar-refractivity contribution in [3.05, 3.63) is 23.3 Å². The van der Waals surface area contributed by atoms with Crippen molar-refractivity contribution in [1.29, 1.82) is 0 Å². The molecule has 0 unspecified atom stereocenters. The number of aryl methyl sites for hydroxylation is 1. The number of rotatable bonds is 9. The number of benzene rings is 1. The van der Waals surface area contributed by atoms with Gasteiger partial charge in [0.2, 0.25) is 0 Å². The predicted molar refractivity (Wildman–Crippen MR) is 87.3 cm³/mol. The molecule has 0 aromatic heterocycles. The van der Waals surface area contributed by atoms with Crippen LogP contribution in [0.4, 0.5) is 0 Å². The van der Waals surface area contributed by atoms with Crippen LogP contribution in [0.1, 0.15) is 36.7 Å².